The highest BCUT2D eigenvalue weighted by Gasteiger charge is 2.02. The van der Waals surface area contributed by atoms with Gasteiger partial charge in [0.2, 0.25) is 5.56 Å². The maximum atomic E-state index is 9.70. The third-order valence-corrected chi connectivity index (χ3v) is 1.08. The van der Waals surface area contributed by atoms with Crippen LogP contribution in [0.2, 0.25) is 0 Å². The van der Waals surface area contributed by atoms with Crippen molar-refractivity contribution in [1.82, 2.24) is 0 Å². The second-order valence-corrected chi connectivity index (χ2v) is 1.99. The van der Waals surface area contributed by atoms with Gasteiger partial charge in [-0.15, -0.1) is 0 Å². The first-order valence-electron chi connectivity index (χ1n) is 1.60. The summed E-state index contributed by atoms with van der Waals surface area (Å²) in [7, 11) is -3.05. The topological polar surface area (TPSA) is 70.3 Å². The molecule has 0 saturated heterocycles. The maximum absolute atomic E-state index is 9.70. The van der Waals surface area contributed by atoms with Gasteiger partial charge in [-0.3, -0.25) is 9.09 Å². The third-order valence-electron chi connectivity index (χ3n) is 0.306. The van der Waals surface area contributed by atoms with Gasteiger partial charge in [0.1, 0.15) is 6.07 Å². The van der Waals surface area contributed by atoms with Crippen molar-refractivity contribution in [2.45, 2.75) is 5.56 Å². The summed E-state index contributed by atoms with van der Waals surface area (Å²) in [5.41, 5.74) is -1.31. The molecule has 0 saturated carbocycles. The average Bonchev–Trinajstić information content (AvgIpc) is 1.65. The van der Waals surface area contributed by atoms with Crippen LogP contribution >= 0.6 is 19.9 Å². The van der Waals surface area contributed by atoms with Gasteiger partial charge in [-0.2, -0.15) is 5.26 Å². The lowest BCUT2D eigenvalue weighted by Crippen LogP contribution is -1.92. The van der Waals surface area contributed by atoms with Crippen LogP contribution in [0.4, 0.5) is 0 Å². The van der Waals surface area contributed by atoms with E-state index in [9.17, 15) is 4.57 Å². The van der Waals surface area contributed by atoms with E-state index in [0.29, 0.717) is 0 Å². The van der Waals surface area contributed by atoms with Crippen LogP contribution in [0.3, 0.4) is 0 Å². The van der Waals surface area contributed by atoms with Crippen molar-refractivity contribution in [1.29, 1.82) is 5.26 Å². The number of hydrogen-bond donors (Lipinski definition) is 1. The Bertz CT molecular complexity index is 132. The summed E-state index contributed by atoms with van der Waals surface area (Å²) < 4.78 is 13.6. The van der Waals surface area contributed by atoms with Gasteiger partial charge in [-0.1, -0.05) is 11.6 Å². The van der Waals surface area contributed by atoms with Crippen molar-refractivity contribution in [2.75, 3.05) is 0 Å². The van der Waals surface area contributed by atoms with Crippen LogP contribution in [0.15, 0.2) is 0 Å². The van der Waals surface area contributed by atoms with Crippen molar-refractivity contribution in [2.24, 2.45) is 0 Å². The van der Waals surface area contributed by atoms with E-state index in [1.54, 1.807) is 0 Å². The molecule has 0 fully saturated rings. The molecule has 8 heavy (non-hydrogen) atoms. The van der Waals surface area contributed by atoms with E-state index in [0.717, 1.165) is 0 Å². The molecule has 0 heterocycles. The zero-order valence-electron chi connectivity index (χ0n) is 3.67. The van der Waals surface area contributed by atoms with Gasteiger partial charge in [-0.25, -0.2) is 0 Å². The molecule has 1 N–H and O–H groups in total. The molecule has 2 atom stereocenters. The van der Waals surface area contributed by atoms with Crippen LogP contribution in [-0.2, 0) is 9.09 Å². The van der Waals surface area contributed by atoms with Crippen molar-refractivity contribution < 1.29 is 14.0 Å². The summed E-state index contributed by atoms with van der Waals surface area (Å²) in [4.78, 5) is 7.94. The number of halogens is 1. The molecule has 0 aliphatic heterocycles. The number of alkyl halides is 1. The monoisotopic (exact) mass is 155 g/mol. The Labute approximate surface area is 51.6 Å². The molecule has 0 aliphatic carbocycles. The van der Waals surface area contributed by atoms with E-state index in [-0.39, 0.29) is 0 Å². The number of nitriles is 1. The van der Waals surface area contributed by atoms with Gasteiger partial charge in [0, 0.05) is 0 Å². The lowest BCUT2D eigenvalue weighted by molar-refractivity contribution is 0.291. The van der Waals surface area contributed by atoms with E-state index >= 15 is 0 Å². The molecule has 0 amide bonds. The predicted octanol–water partition coefficient (Wildman–Crippen LogP) is 0.473. The maximum Gasteiger partial charge on any atom is 0.318 e. The molecule has 0 rings (SSSR count). The van der Waals surface area contributed by atoms with E-state index < -0.39 is 13.8 Å². The van der Waals surface area contributed by atoms with E-state index in [1.807, 2.05) is 0 Å². The number of rotatable bonds is 2. The van der Waals surface area contributed by atoms with Crippen molar-refractivity contribution in [3.63, 3.8) is 0 Å². The van der Waals surface area contributed by atoms with Crippen LogP contribution in [0.25, 0.3) is 0 Å². The summed E-state index contributed by atoms with van der Waals surface area (Å²) in [5, 5.41) is 7.84. The molecule has 2 unspecified atom stereocenters. The highest BCUT2D eigenvalue weighted by Crippen LogP contribution is 2.18. The van der Waals surface area contributed by atoms with Crippen LogP contribution in [0, 0.1) is 11.3 Å². The molecule has 0 aromatic carbocycles. The molecule has 0 spiro atoms. The predicted molar refractivity (Wildman–Crippen MR) is 27.6 cm³/mol. The van der Waals surface area contributed by atoms with Gasteiger partial charge < -0.3 is 4.89 Å². The van der Waals surface area contributed by atoms with Gasteiger partial charge >= 0.3 is 8.25 Å². The zero-order valence-corrected chi connectivity index (χ0v) is 5.42. The Morgan fingerprint density at radius 2 is 2.50 bits per heavy atom. The summed E-state index contributed by atoms with van der Waals surface area (Å²) in [6.07, 6.45) is 0. The van der Waals surface area contributed by atoms with Crippen LogP contribution in [-0.4, -0.2) is 10.5 Å². The lowest BCUT2D eigenvalue weighted by atomic mass is 10.8. The SMILES string of the molecule is N#CC(Cl)O[PH](=O)O. The molecule has 6 heteroatoms. The molecule has 0 radical (unpaired) electrons. The van der Waals surface area contributed by atoms with Gasteiger partial charge in [0.15, 0.2) is 0 Å². The Hall–Kier alpha value is -0.0700. The first-order chi connectivity index (χ1) is 3.66. The normalized spacial score (nSPS) is 16.6. The minimum Gasteiger partial charge on any atom is -0.326 e. The quantitative estimate of drug-likeness (QED) is 0.465. The van der Waals surface area contributed by atoms with Crippen LogP contribution in [0.1, 0.15) is 0 Å². The number of nitrogens with zero attached hydrogens (tertiary/aromatic N) is 1. The summed E-state index contributed by atoms with van der Waals surface area (Å²) in [5.74, 6) is 0. The fraction of sp³-hybridized carbons (Fsp3) is 0.500. The Morgan fingerprint density at radius 3 is 2.62 bits per heavy atom. The number of hydrogen-bond acceptors (Lipinski definition) is 3. The fourth-order valence-corrected chi connectivity index (χ4v) is 0.573. The third kappa shape index (κ3) is 4.10. The molecule has 0 bridgehead atoms. The van der Waals surface area contributed by atoms with Gasteiger partial charge in [-0.05, 0) is 0 Å². The van der Waals surface area contributed by atoms with E-state index in [1.165, 1.54) is 6.07 Å². The first kappa shape index (κ1) is 7.93. The van der Waals surface area contributed by atoms with Crippen LogP contribution in [0.5, 0.6) is 0 Å². The summed E-state index contributed by atoms with van der Waals surface area (Å²) in [6, 6.07) is 1.40. The van der Waals surface area contributed by atoms with Crippen molar-refractivity contribution in [3.8, 4) is 6.07 Å². The van der Waals surface area contributed by atoms with E-state index in [2.05, 4.69) is 4.52 Å². The minimum atomic E-state index is -3.05. The highest BCUT2D eigenvalue weighted by molar-refractivity contribution is 7.32. The fourth-order valence-electron chi connectivity index (χ4n) is 0.115. The van der Waals surface area contributed by atoms with E-state index in [4.69, 9.17) is 21.8 Å². The average molecular weight is 155 g/mol. The zero-order chi connectivity index (χ0) is 6.57. The molecular weight excluding hydrogens is 152 g/mol. The lowest BCUT2D eigenvalue weighted by Gasteiger charge is -1.94. The second-order valence-electron chi connectivity index (χ2n) is 0.829. The Balaban J connectivity index is 3.43. The standard InChI is InChI=1S/C2H3ClNO3P/c3-2(1-4)7-8(5)6/h2,8H,(H,5,6). The molecule has 4 nitrogen and oxygen atoms in total. The smallest absolute Gasteiger partial charge is 0.318 e. The molecular formula is C2H3ClNO3P. The van der Waals surface area contributed by atoms with Gasteiger partial charge in [0.05, 0.1) is 0 Å². The molecule has 0 aromatic heterocycles. The second kappa shape index (κ2) is 3.88. The first-order valence-corrected chi connectivity index (χ1v) is 3.30. The van der Waals surface area contributed by atoms with Gasteiger partial charge in [0.25, 0.3) is 0 Å². The molecule has 0 aromatic rings. The van der Waals surface area contributed by atoms with Crippen LogP contribution < -0.4 is 0 Å². The van der Waals surface area contributed by atoms with Crippen molar-refractivity contribution in [3.05, 3.63) is 0 Å². The summed E-state index contributed by atoms with van der Waals surface area (Å²) >= 11 is 4.94. The molecule has 46 valence electrons. The highest BCUT2D eigenvalue weighted by atomic mass is 35.5. The van der Waals surface area contributed by atoms with Crippen molar-refractivity contribution >= 4 is 19.9 Å². The summed E-state index contributed by atoms with van der Waals surface area (Å²) in [6.45, 7) is 0. The molecule has 0 aliphatic rings. The largest absolute Gasteiger partial charge is 0.326 e. The minimum absolute atomic E-state index is 1.31. The Morgan fingerprint density at radius 1 is 2.00 bits per heavy atom. The Kier molecular flexibility index (Phi) is 3.84.